The maximum Gasteiger partial charge on any atom is 0.257 e. The van der Waals surface area contributed by atoms with Crippen LogP contribution in [-0.2, 0) is 52.7 Å². The van der Waals surface area contributed by atoms with Gasteiger partial charge in [-0.15, -0.1) is 35.3 Å². The molecule has 24 nitrogen and oxygen atoms in total. The summed E-state index contributed by atoms with van der Waals surface area (Å²) in [5.41, 5.74) is 3.42. The fourth-order valence-corrected chi connectivity index (χ4v) is 17.3. The van der Waals surface area contributed by atoms with Gasteiger partial charge in [-0.05, 0) is 143 Å². The van der Waals surface area contributed by atoms with Crippen molar-refractivity contribution in [1.82, 2.24) is 40.1 Å². The smallest absolute Gasteiger partial charge is 0.257 e. The molecule has 2 aliphatic carbocycles. The number of likely N-dealkylation sites (tertiary alicyclic amines) is 1. The molecule has 1 saturated heterocycles. The molecule has 1 aliphatic heterocycles. The van der Waals surface area contributed by atoms with Crippen molar-refractivity contribution in [3.63, 3.8) is 0 Å². The number of thiazole rings is 3. The summed E-state index contributed by atoms with van der Waals surface area (Å²) in [5.74, 6) is 5.61. The summed E-state index contributed by atoms with van der Waals surface area (Å²) < 4.78 is 20.8. The number of thioether (sulfide) groups is 3. The molecule has 7 heterocycles. The Morgan fingerprint density at radius 2 is 0.882 bits per heavy atom. The maximum atomic E-state index is 13.2. The zero-order chi connectivity index (χ0) is 78.5. The molecule has 30 heteroatoms. The van der Waals surface area contributed by atoms with E-state index in [2.05, 4.69) is 154 Å². The van der Waals surface area contributed by atoms with Gasteiger partial charge in [-0.1, -0.05) is 129 Å². The highest BCUT2D eigenvalue weighted by Gasteiger charge is 2.34. The van der Waals surface area contributed by atoms with E-state index in [1.807, 2.05) is 54.0 Å². The van der Waals surface area contributed by atoms with Crippen LogP contribution in [0.15, 0.2) is 174 Å². The van der Waals surface area contributed by atoms with Gasteiger partial charge in [0.15, 0.2) is 15.4 Å². The lowest BCUT2D eigenvalue weighted by molar-refractivity contribution is -0.137. The Morgan fingerprint density at radius 1 is 0.455 bits per heavy atom. The third kappa shape index (κ3) is 25.6. The zero-order valence-electron chi connectivity index (χ0n) is 63.5. The van der Waals surface area contributed by atoms with Crippen LogP contribution in [0.1, 0.15) is 182 Å². The van der Waals surface area contributed by atoms with E-state index in [4.69, 9.17) is 13.3 Å². The van der Waals surface area contributed by atoms with Crippen LogP contribution in [0, 0.1) is 5.92 Å². The van der Waals surface area contributed by atoms with Gasteiger partial charge in [0, 0.05) is 93.3 Å². The molecule has 3 fully saturated rings. The minimum Gasteiger partial charge on any atom is -0.444 e. The van der Waals surface area contributed by atoms with Crippen molar-refractivity contribution < 1.29 is 42.0 Å². The number of nitrogens with one attached hydrogen (secondary N) is 8. The van der Waals surface area contributed by atoms with Crippen LogP contribution in [0.5, 0.6) is 0 Å². The van der Waals surface area contributed by atoms with E-state index in [0.29, 0.717) is 76.0 Å². The molecule has 2 saturated carbocycles. The van der Waals surface area contributed by atoms with E-state index in [9.17, 15) is 28.8 Å². The number of carbonyl (C=O) groups is 6. The number of aromatic nitrogens is 6. The SMILES string of the molecule is C=CC(=O)NC1CCN(C(=O)C2CCC[C@@H](Nc3ncc(SCc4ncc(C(C)(C)C)o4)s3)C2)CC1.C=CC(=O)Nc1ccc(C(=O)Nc2cccc(C(=O)Nc3ncc(SCc4ncc(C(C)(C)C)o4)s3)c2)cc1.C=CC(=O)Nc1ccc(NC2CCCC(Nc3ncc(SCc4ncc(C(C)(C)C)o4)s3)C2)cc1. The molecule has 3 unspecified atom stereocenters. The Hall–Kier alpha value is -9.33. The van der Waals surface area contributed by atoms with Gasteiger partial charge in [0.1, 0.15) is 17.3 Å². The van der Waals surface area contributed by atoms with Crippen molar-refractivity contribution in [3.05, 3.63) is 194 Å². The number of oxazole rings is 3. The third-order valence-electron chi connectivity index (χ3n) is 17.9. The molecule has 9 aromatic rings. The molecule has 582 valence electrons. The van der Waals surface area contributed by atoms with Crippen molar-refractivity contribution in [3.8, 4) is 0 Å². The second-order valence-corrected chi connectivity index (χ2v) is 36.7. The van der Waals surface area contributed by atoms with Crippen LogP contribution in [0.4, 0.5) is 38.1 Å². The van der Waals surface area contributed by atoms with Crippen molar-refractivity contribution in [2.24, 2.45) is 5.92 Å². The number of benzene rings is 3. The Labute approximate surface area is 667 Å². The highest BCUT2D eigenvalue weighted by molar-refractivity contribution is 8.01. The van der Waals surface area contributed by atoms with Crippen LogP contribution >= 0.6 is 69.3 Å². The molecular weight excluding hydrogens is 1510 g/mol. The normalized spacial score (nSPS) is 16.6. The van der Waals surface area contributed by atoms with Crippen LogP contribution in [0.25, 0.3) is 0 Å². The number of amides is 6. The Morgan fingerprint density at radius 3 is 1.35 bits per heavy atom. The minimum atomic E-state index is -0.351. The van der Waals surface area contributed by atoms with Gasteiger partial charge < -0.3 is 55.4 Å². The number of anilines is 7. The molecule has 0 radical (unpaired) electrons. The first-order valence-electron chi connectivity index (χ1n) is 36.5. The predicted molar refractivity (Wildman–Crippen MR) is 444 cm³/mol. The fraction of sp³-hybridized carbons (Fsp3) is 0.400. The van der Waals surface area contributed by atoms with Crippen LogP contribution < -0.4 is 42.5 Å². The Balaban J connectivity index is 0.000000176. The van der Waals surface area contributed by atoms with Crippen molar-refractivity contribution in [2.75, 3.05) is 50.3 Å². The Kier molecular flexibility index (Phi) is 29.5. The number of carbonyl (C=O) groups excluding carboxylic acids is 6. The quantitative estimate of drug-likeness (QED) is 0.0184. The Bertz CT molecular complexity index is 4590. The van der Waals surface area contributed by atoms with E-state index in [1.165, 1.54) is 41.3 Å². The van der Waals surface area contributed by atoms with Gasteiger partial charge in [0.05, 0.1) is 67.1 Å². The van der Waals surface area contributed by atoms with Gasteiger partial charge >= 0.3 is 0 Å². The van der Waals surface area contributed by atoms with Crippen LogP contribution in [-0.4, -0.2) is 108 Å². The average Bonchev–Trinajstić information content (AvgIpc) is 1.14. The first-order chi connectivity index (χ1) is 52.6. The van der Waals surface area contributed by atoms with Gasteiger partial charge in [-0.25, -0.2) is 29.9 Å². The van der Waals surface area contributed by atoms with Crippen LogP contribution in [0.3, 0.4) is 0 Å². The third-order valence-corrected chi connectivity index (χ3v) is 24.3. The number of hydrogen-bond acceptors (Lipinski definition) is 24. The lowest BCUT2D eigenvalue weighted by atomic mass is 9.84. The first kappa shape index (κ1) is 83.1. The molecule has 110 heavy (non-hydrogen) atoms. The molecule has 8 N–H and O–H groups in total. The van der Waals surface area contributed by atoms with Gasteiger partial charge in [-0.2, -0.15) is 0 Å². The van der Waals surface area contributed by atoms with E-state index >= 15 is 0 Å². The zero-order valence-corrected chi connectivity index (χ0v) is 68.4. The number of nitrogens with zero attached hydrogens (tertiary/aromatic N) is 7. The van der Waals surface area contributed by atoms with Gasteiger partial charge in [0.2, 0.25) is 41.3 Å². The highest BCUT2D eigenvalue weighted by atomic mass is 32.2. The predicted octanol–water partition coefficient (Wildman–Crippen LogP) is 18.0. The summed E-state index contributed by atoms with van der Waals surface area (Å²) in [6.45, 7) is 30.7. The number of piperidine rings is 1. The van der Waals surface area contributed by atoms with E-state index in [0.717, 1.165) is 128 Å². The summed E-state index contributed by atoms with van der Waals surface area (Å²) >= 11 is 9.58. The lowest BCUT2D eigenvalue weighted by Crippen LogP contribution is -2.48. The maximum absolute atomic E-state index is 13.2. The van der Waals surface area contributed by atoms with Gasteiger partial charge in [0.25, 0.3) is 11.8 Å². The van der Waals surface area contributed by atoms with Crippen LogP contribution in [0.2, 0.25) is 0 Å². The molecule has 4 atom stereocenters. The second-order valence-electron chi connectivity index (χ2n) is 29.8. The molecule has 0 bridgehead atoms. The lowest BCUT2D eigenvalue weighted by Gasteiger charge is -2.37. The monoisotopic (exact) mass is 1600 g/mol. The molecule has 6 amide bonds. The molecule has 0 spiro atoms. The van der Waals surface area contributed by atoms with Crippen molar-refractivity contribution in [2.45, 2.75) is 197 Å². The van der Waals surface area contributed by atoms with Gasteiger partial charge in [-0.3, -0.25) is 34.1 Å². The van der Waals surface area contributed by atoms with E-state index < -0.39 is 0 Å². The molecule has 12 rings (SSSR count). The minimum absolute atomic E-state index is 0.0310. The molecule has 3 aromatic carbocycles. The summed E-state index contributed by atoms with van der Waals surface area (Å²) in [7, 11) is 0. The number of hydrogen-bond donors (Lipinski definition) is 8. The molecule has 6 aromatic heterocycles. The number of rotatable bonds is 26. The van der Waals surface area contributed by atoms with Crippen molar-refractivity contribution >= 4 is 143 Å². The largest absolute Gasteiger partial charge is 0.444 e. The standard InChI is InChI=1S/C28H27N5O4S2.C26H37N5O3S2.C26H33N5O2S2/c1-5-22(34)31-19-11-9-17(10-12-19)25(35)32-20-8-6-7-18(13-20)26(36)33-27-30-15-24(39-27)38-16-23-29-14-21(37-23)28(2,3)4;1-5-21(32)29-18-9-11-31(12-10-18)24(33)17-7-6-8-19(13-17)30-25-28-15-23(36-25)35-16-22-27-14-20(34-22)26(2,3)4;1-5-22(32)30-18-11-9-17(10-12-18)29-19-7-6-8-20(13-19)31-25-28-15-24(35-25)34-16-23-27-14-21(33-23)26(2,3)4/h5-15H,1,16H2,2-4H3,(H,31,34)(H,32,35)(H,30,33,36);5,14-15,17-19H,1,6-13,16H2,2-4H3,(H,28,30)(H,29,32);5,9-12,14-15,19-20,29H,1,6-8,13,16H2,2-4H3,(H,28,31)(H,30,32)/t;17?,19-;/m.1./s1. The second kappa shape index (κ2) is 39.0. The van der Waals surface area contributed by atoms with Crippen molar-refractivity contribution in [1.29, 1.82) is 0 Å². The fourth-order valence-electron chi connectivity index (χ4n) is 11.9. The first-order valence-corrected chi connectivity index (χ1v) is 41.9. The summed E-state index contributed by atoms with van der Waals surface area (Å²) in [6.07, 6.45) is 24.6. The van der Waals surface area contributed by atoms with E-state index in [1.54, 1.807) is 107 Å². The molecular formula is C80H97N15O9S6. The summed E-state index contributed by atoms with van der Waals surface area (Å²) in [4.78, 5) is 102. The summed E-state index contributed by atoms with van der Waals surface area (Å²) in [6, 6.07) is 22.0. The highest BCUT2D eigenvalue weighted by Crippen LogP contribution is 2.38. The average molecular weight is 1610 g/mol. The summed E-state index contributed by atoms with van der Waals surface area (Å²) in [5, 5.41) is 27.1. The van der Waals surface area contributed by atoms with E-state index in [-0.39, 0.29) is 69.7 Å². The molecule has 3 aliphatic rings. The topological polar surface area (TPSA) is 319 Å².